The summed E-state index contributed by atoms with van der Waals surface area (Å²) in [4.78, 5) is 28.1. The summed E-state index contributed by atoms with van der Waals surface area (Å²) in [5, 5.41) is 0. The Morgan fingerprint density at radius 3 is 0.821 bits per heavy atom. The van der Waals surface area contributed by atoms with E-state index in [9.17, 15) is 0 Å². The van der Waals surface area contributed by atoms with Crippen LogP contribution in [0, 0.1) is 0 Å². The van der Waals surface area contributed by atoms with Crippen molar-refractivity contribution >= 4 is 0 Å². The molecule has 6 aromatic heterocycles. The number of pyridine rings is 6. The Kier molecular flexibility index (Phi) is 9.38. The van der Waals surface area contributed by atoms with Gasteiger partial charge in [-0.2, -0.15) is 0 Å². The van der Waals surface area contributed by atoms with Gasteiger partial charge in [0, 0.05) is 24.8 Å². The van der Waals surface area contributed by atoms with Gasteiger partial charge in [0.25, 0.3) is 0 Å². The Bertz CT molecular complexity index is 2440. The van der Waals surface area contributed by atoms with Crippen LogP contribution < -0.4 is 4.74 Å². The first-order valence-electron chi connectivity index (χ1n) is 18.3. The quantitative estimate of drug-likeness (QED) is 0.147. The summed E-state index contributed by atoms with van der Waals surface area (Å²) in [7, 11) is 1.71. The molecular weight excluding hydrogens is 689 g/mol. The average Bonchev–Trinajstić information content (AvgIpc) is 3.30. The molecule has 0 bridgehead atoms. The number of hydrogen-bond donors (Lipinski definition) is 0. The van der Waals surface area contributed by atoms with Crippen molar-refractivity contribution in [1.29, 1.82) is 0 Å². The molecule has 0 aliphatic rings. The minimum atomic E-state index is 0.786. The van der Waals surface area contributed by atoms with E-state index in [1.807, 2.05) is 72.8 Å². The van der Waals surface area contributed by atoms with E-state index in [0.717, 1.165) is 95.8 Å². The zero-order chi connectivity index (χ0) is 37.7. The third kappa shape index (κ3) is 7.29. The number of aromatic nitrogens is 6. The molecule has 0 radical (unpaired) electrons. The topological polar surface area (TPSA) is 86.6 Å². The summed E-state index contributed by atoms with van der Waals surface area (Å²) in [6.45, 7) is 0. The largest absolute Gasteiger partial charge is 0.497 e. The van der Waals surface area contributed by atoms with Crippen LogP contribution in [0.15, 0.2) is 189 Å². The number of hydrogen-bond acceptors (Lipinski definition) is 7. The number of rotatable bonds is 9. The van der Waals surface area contributed by atoms with Gasteiger partial charge in [0.2, 0.25) is 0 Å². The summed E-state index contributed by atoms with van der Waals surface area (Å²) in [6, 6.07) is 55.4. The molecule has 0 saturated carbocycles. The molecule has 0 atom stereocenters. The second kappa shape index (κ2) is 15.4. The van der Waals surface area contributed by atoms with Gasteiger partial charge in [-0.3, -0.25) is 19.9 Å². The highest BCUT2D eigenvalue weighted by molar-refractivity contribution is 5.81. The summed E-state index contributed by atoms with van der Waals surface area (Å²) in [6.07, 6.45) is 7.15. The molecule has 0 aliphatic carbocycles. The van der Waals surface area contributed by atoms with Gasteiger partial charge in [0.15, 0.2) is 0 Å². The average molecular weight is 723 g/mol. The summed E-state index contributed by atoms with van der Waals surface area (Å²) in [5.74, 6) is 0.786. The summed E-state index contributed by atoms with van der Waals surface area (Å²) in [5.41, 5.74) is 14.9. The highest BCUT2D eigenvalue weighted by atomic mass is 16.5. The van der Waals surface area contributed by atoms with Gasteiger partial charge in [-0.1, -0.05) is 72.8 Å². The van der Waals surface area contributed by atoms with Gasteiger partial charge in [-0.05, 0) is 136 Å². The number of methoxy groups -OCH3 is 1. The lowest BCUT2D eigenvalue weighted by Gasteiger charge is -2.13. The molecule has 0 N–H and O–H groups in total. The molecule has 0 aliphatic heterocycles. The van der Waals surface area contributed by atoms with E-state index in [4.69, 9.17) is 14.7 Å². The van der Waals surface area contributed by atoms with Gasteiger partial charge < -0.3 is 4.74 Å². The zero-order valence-electron chi connectivity index (χ0n) is 30.5. The van der Waals surface area contributed by atoms with Crippen LogP contribution in [0.5, 0.6) is 5.75 Å². The Hall–Kier alpha value is -7.64. The van der Waals surface area contributed by atoms with E-state index in [-0.39, 0.29) is 0 Å². The molecule has 56 heavy (non-hydrogen) atoms. The Morgan fingerprint density at radius 1 is 0.286 bits per heavy atom. The van der Waals surface area contributed by atoms with Gasteiger partial charge in [0.1, 0.15) is 5.75 Å². The van der Waals surface area contributed by atoms with Crippen LogP contribution in [0.4, 0.5) is 0 Å². The molecule has 0 fully saturated rings. The van der Waals surface area contributed by atoms with E-state index in [1.54, 1.807) is 31.9 Å². The Morgan fingerprint density at radius 2 is 0.571 bits per heavy atom. The van der Waals surface area contributed by atoms with Gasteiger partial charge in [-0.15, -0.1) is 0 Å². The lowest BCUT2D eigenvalue weighted by molar-refractivity contribution is 0.415. The van der Waals surface area contributed by atoms with Gasteiger partial charge in [-0.25, -0.2) is 9.97 Å². The molecular formula is C49H34N6O. The van der Waals surface area contributed by atoms with Crippen molar-refractivity contribution in [3.05, 3.63) is 189 Å². The minimum Gasteiger partial charge on any atom is -0.497 e. The van der Waals surface area contributed by atoms with E-state index >= 15 is 0 Å². The summed E-state index contributed by atoms with van der Waals surface area (Å²) >= 11 is 0. The van der Waals surface area contributed by atoms with Crippen LogP contribution in [0.3, 0.4) is 0 Å². The molecule has 0 saturated heterocycles. The lowest BCUT2D eigenvalue weighted by Crippen LogP contribution is -1.94. The van der Waals surface area contributed by atoms with Crippen LogP contribution in [-0.4, -0.2) is 37.0 Å². The van der Waals surface area contributed by atoms with Gasteiger partial charge >= 0.3 is 0 Å². The van der Waals surface area contributed by atoms with Crippen LogP contribution >= 0.6 is 0 Å². The fraction of sp³-hybridized carbons (Fsp3) is 0.0204. The van der Waals surface area contributed by atoms with Crippen molar-refractivity contribution in [1.82, 2.24) is 29.9 Å². The van der Waals surface area contributed by atoms with Crippen molar-refractivity contribution < 1.29 is 4.74 Å². The van der Waals surface area contributed by atoms with Crippen LogP contribution in [0.1, 0.15) is 0 Å². The number of ether oxygens (including phenoxy) is 1. The predicted molar refractivity (Wildman–Crippen MR) is 223 cm³/mol. The van der Waals surface area contributed by atoms with Gasteiger partial charge in [0.05, 0.1) is 52.7 Å². The molecule has 7 heteroatoms. The standard InChI is InChI=1S/C49H34N6O/c1-56-41-27-37(33-14-18-35(19-15-33)39-29-46(42-10-2-6-22-50-42)54-47(30-39)43-11-3-7-23-51-43)26-38(28-41)34-16-20-36(21-17-34)40-31-48(44-12-4-8-24-52-44)55-49(32-40)45-13-5-9-25-53-45/h2-32H,1H3. The fourth-order valence-corrected chi connectivity index (χ4v) is 6.74. The fourth-order valence-electron chi connectivity index (χ4n) is 6.74. The monoisotopic (exact) mass is 722 g/mol. The SMILES string of the molecule is COc1cc(-c2ccc(-c3cc(-c4ccccn4)nc(-c4ccccn4)c3)cc2)cc(-c2ccc(-c3cc(-c4ccccn4)nc(-c4ccccn4)c3)cc2)c1. The normalized spacial score (nSPS) is 10.9. The van der Waals surface area contributed by atoms with Crippen LogP contribution in [0.2, 0.25) is 0 Å². The second-order valence-corrected chi connectivity index (χ2v) is 13.2. The molecule has 9 aromatic rings. The lowest BCUT2D eigenvalue weighted by atomic mass is 9.95. The molecule has 7 nitrogen and oxygen atoms in total. The second-order valence-electron chi connectivity index (χ2n) is 13.2. The smallest absolute Gasteiger partial charge is 0.120 e. The minimum absolute atomic E-state index is 0.786. The molecule has 6 heterocycles. The highest BCUT2D eigenvalue weighted by Crippen LogP contribution is 2.36. The van der Waals surface area contributed by atoms with Crippen molar-refractivity contribution in [2.75, 3.05) is 7.11 Å². The van der Waals surface area contributed by atoms with E-state index in [2.05, 4.69) is 111 Å². The van der Waals surface area contributed by atoms with Crippen molar-refractivity contribution in [2.24, 2.45) is 0 Å². The maximum atomic E-state index is 5.81. The summed E-state index contributed by atoms with van der Waals surface area (Å²) < 4.78 is 5.81. The highest BCUT2D eigenvalue weighted by Gasteiger charge is 2.14. The molecule has 9 rings (SSSR count). The Labute approximate surface area is 325 Å². The van der Waals surface area contributed by atoms with Crippen molar-refractivity contribution in [3.63, 3.8) is 0 Å². The van der Waals surface area contributed by atoms with E-state index in [0.29, 0.717) is 0 Å². The first-order chi connectivity index (χ1) is 27.7. The first-order valence-corrected chi connectivity index (χ1v) is 18.3. The van der Waals surface area contributed by atoms with Crippen molar-refractivity contribution in [2.45, 2.75) is 0 Å². The number of nitrogens with zero attached hydrogens (tertiary/aromatic N) is 6. The Balaban J connectivity index is 1.03. The van der Waals surface area contributed by atoms with E-state index < -0.39 is 0 Å². The van der Waals surface area contributed by atoms with Crippen LogP contribution in [-0.2, 0) is 0 Å². The van der Waals surface area contributed by atoms with Crippen LogP contribution in [0.25, 0.3) is 90.1 Å². The van der Waals surface area contributed by atoms with E-state index in [1.165, 1.54) is 0 Å². The third-order valence-electron chi connectivity index (χ3n) is 9.61. The molecule has 3 aromatic carbocycles. The number of benzene rings is 3. The van der Waals surface area contributed by atoms with Crippen molar-refractivity contribution in [3.8, 4) is 95.8 Å². The maximum Gasteiger partial charge on any atom is 0.120 e. The first kappa shape index (κ1) is 34.1. The zero-order valence-corrected chi connectivity index (χ0v) is 30.5. The maximum absolute atomic E-state index is 5.81. The molecule has 0 spiro atoms. The molecule has 0 unspecified atom stereocenters. The molecule has 266 valence electrons. The third-order valence-corrected chi connectivity index (χ3v) is 9.61. The predicted octanol–water partition coefficient (Wildman–Crippen LogP) is 11.4. The molecule has 0 amide bonds.